The molecule has 2 N–H and O–H groups in total. The van der Waals surface area contributed by atoms with Crippen LogP contribution in [0.1, 0.15) is 60.8 Å². The van der Waals surface area contributed by atoms with Gasteiger partial charge in [0.15, 0.2) is 0 Å². The molecular weight excluding hydrogens is 400 g/mol. The molecule has 0 atom stereocenters. The van der Waals surface area contributed by atoms with E-state index in [0.29, 0.717) is 78.8 Å². The molecule has 0 bridgehead atoms. The van der Waals surface area contributed by atoms with Crippen molar-refractivity contribution in [3.63, 3.8) is 0 Å². The number of amides is 2. The highest BCUT2D eigenvalue weighted by atomic mass is 16.6. The van der Waals surface area contributed by atoms with E-state index in [-0.39, 0.29) is 22.6 Å². The average molecular weight is 447 g/mol. The Labute approximate surface area is 189 Å². The fraction of sp³-hybridized carbons (Fsp3) is 0.913. The van der Waals surface area contributed by atoms with Crippen molar-refractivity contribution in [1.82, 2.24) is 10.6 Å². The van der Waals surface area contributed by atoms with Crippen molar-refractivity contribution >= 4 is 11.8 Å². The SMILES string of the molecule is CC(C)(C)CCC(=O)NCCOCCOCCOCCOCCNC(=O)CC(C)(C)C. The van der Waals surface area contributed by atoms with Crippen molar-refractivity contribution in [3.8, 4) is 0 Å². The van der Waals surface area contributed by atoms with Gasteiger partial charge in [0, 0.05) is 25.9 Å². The second kappa shape index (κ2) is 17.3. The summed E-state index contributed by atoms with van der Waals surface area (Å²) in [6.45, 7) is 17.4. The van der Waals surface area contributed by atoms with Gasteiger partial charge in [-0.15, -0.1) is 0 Å². The van der Waals surface area contributed by atoms with Gasteiger partial charge in [0.05, 0.1) is 52.9 Å². The highest BCUT2D eigenvalue weighted by Gasteiger charge is 2.15. The minimum atomic E-state index is -0.00361. The second-order valence-electron chi connectivity index (χ2n) is 9.95. The number of nitrogens with one attached hydrogen (secondary N) is 2. The monoisotopic (exact) mass is 446 g/mol. The van der Waals surface area contributed by atoms with Crippen LogP contribution in [0.3, 0.4) is 0 Å². The predicted molar refractivity (Wildman–Crippen MR) is 122 cm³/mol. The van der Waals surface area contributed by atoms with Crippen LogP contribution < -0.4 is 10.6 Å². The van der Waals surface area contributed by atoms with Crippen LogP contribution in [0, 0.1) is 10.8 Å². The van der Waals surface area contributed by atoms with Crippen LogP contribution >= 0.6 is 0 Å². The van der Waals surface area contributed by atoms with Crippen LogP contribution in [0.5, 0.6) is 0 Å². The summed E-state index contributed by atoms with van der Waals surface area (Å²) in [5.74, 6) is 0.121. The summed E-state index contributed by atoms with van der Waals surface area (Å²) in [7, 11) is 0. The fourth-order valence-electron chi connectivity index (χ4n) is 2.41. The van der Waals surface area contributed by atoms with Crippen LogP contribution in [0.4, 0.5) is 0 Å². The van der Waals surface area contributed by atoms with Crippen LogP contribution in [-0.4, -0.2) is 77.8 Å². The normalized spacial score (nSPS) is 12.1. The lowest BCUT2D eigenvalue weighted by Gasteiger charge is -2.17. The van der Waals surface area contributed by atoms with E-state index in [2.05, 4.69) is 31.4 Å². The molecule has 184 valence electrons. The van der Waals surface area contributed by atoms with Crippen LogP contribution in [0.25, 0.3) is 0 Å². The summed E-state index contributed by atoms with van der Waals surface area (Å²) < 4.78 is 21.7. The van der Waals surface area contributed by atoms with Crippen LogP contribution in [0.15, 0.2) is 0 Å². The molecule has 0 spiro atoms. The molecular formula is C23H46N2O6. The molecule has 0 aliphatic rings. The maximum Gasteiger partial charge on any atom is 0.220 e. The van der Waals surface area contributed by atoms with Gasteiger partial charge in [-0.2, -0.15) is 0 Å². The van der Waals surface area contributed by atoms with Gasteiger partial charge in [-0.05, 0) is 17.3 Å². The smallest absolute Gasteiger partial charge is 0.220 e. The Morgan fingerprint density at radius 2 is 0.968 bits per heavy atom. The molecule has 0 rings (SSSR count). The predicted octanol–water partition coefficient (Wildman–Crippen LogP) is 2.55. The average Bonchev–Trinajstić information content (AvgIpc) is 2.64. The third-order valence-electron chi connectivity index (χ3n) is 4.05. The minimum absolute atomic E-state index is 0.00361. The molecule has 0 fully saturated rings. The maximum absolute atomic E-state index is 11.7. The Kier molecular flexibility index (Phi) is 16.7. The first-order chi connectivity index (χ1) is 14.5. The molecule has 0 radical (unpaired) electrons. The highest BCUT2D eigenvalue weighted by Crippen LogP contribution is 2.20. The molecule has 0 aromatic heterocycles. The Morgan fingerprint density at radius 3 is 1.35 bits per heavy atom. The number of carbonyl (C=O) groups excluding carboxylic acids is 2. The van der Waals surface area contributed by atoms with E-state index in [1.54, 1.807) is 0 Å². The molecule has 0 saturated heterocycles. The molecule has 0 unspecified atom stereocenters. The first-order valence-electron chi connectivity index (χ1n) is 11.3. The van der Waals surface area contributed by atoms with Crippen molar-refractivity contribution in [3.05, 3.63) is 0 Å². The Morgan fingerprint density at radius 1 is 0.581 bits per heavy atom. The molecule has 0 aromatic rings. The summed E-state index contributed by atoms with van der Waals surface area (Å²) in [6, 6.07) is 0. The first kappa shape index (κ1) is 29.8. The van der Waals surface area contributed by atoms with Gasteiger partial charge in [-0.1, -0.05) is 41.5 Å². The lowest BCUT2D eigenvalue weighted by atomic mass is 9.90. The Bertz CT molecular complexity index is 472. The lowest BCUT2D eigenvalue weighted by Crippen LogP contribution is -2.30. The summed E-state index contributed by atoms with van der Waals surface area (Å²) in [6.07, 6.45) is 1.93. The van der Waals surface area contributed by atoms with Crippen LogP contribution in [0.2, 0.25) is 0 Å². The molecule has 0 heterocycles. The van der Waals surface area contributed by atoms with Crippen LogP contribution in [-0.2, 0) is 28.5 Å². The molecule has 8 nitrogen and oxygen atoms in total. The number of hydrogen-bond donors (Lipinski definition) is 2. The van der Waals surface area contributed by atoms with E-state index in [4.69, 9.17) is 18.9 Å². The minimum Gasteiger partial charge on any atom is -0.377 e. The Hall–Kier alpha value is -1.22. The Balaban J connectivity index is 3.25. The van der Waals surface area contributed by atoms with Gasteiger partial charge in [0.25, 0.3) is 0 Å². The zero-order valence-electron chi connectivity index (χ0n) is 20.6. The summed E-state index contributed by atoms with van der Waals surface area (Å²) in [4.78, 5) is 23.3. The topological polar surface area (TPSA) is 95.1 Å². The summed E-state index contributed by atoms with van der Waals surface area (Å²) in [5, 5.41) is 5.70. The molecule has 0 saturated carbocycles. The van der Waals surface area contributed by atoms with E-state index in [9.17, 15) is 9.59 Å². The van der Waals surface area contributed by atoms with E-state index >= 15 is 0 Å². The number of ether oxygens (including phenoxy) is 4. The lowest BCUT2D eigenvalue weighted by molar-refractivity contribution is -0.123. The van der Waals surface area contributed by atoms with Gasteiger partial charge in [0.2, 0.25) is 11.8 Å². The van der Waals surface area contributed by atoms with Crippen molar-refractivity contribution in [2.75, 3.05) is 65.9 Å². The summed E-state index contributed by atoms with van der Waals surface area (Å²) >= 11 is 0. The molecule has 0 aliphatic heterocycles. The van der Waals surface area contributed by atoms with Crippen molar-refractivity contribution in [2.24, 2.45) is 10.8 Å². The van der Waals surface area contributed by atoms with Crippen molar-refractivity contribution < 1.29 is 28.5 Å². The second-order valence-corrected chi connectivity index (χ2v) is 9.95. The molecule has 8 heteroatoms. The van der Waals surface area contributed by atoms with E-state index in [1.165, 1.54) is 0 Å². The zero-order valence-corrected chi connectivity index (χ0v) is 20.6. The van der Waals surface area contributed by atoms with E-state index in [1.807, 2.05) is 20.8 Å². The zero-order chi connectivity index (χ0) is 23.6. The van der Waals surface area contributed by atoms with Gasteiger partial charge in [0.1, 0.15) is 0 Å². The van der Waals surface area contributed by atoms with Gasteiger partial charge >= 0.3 is 0 Å². The van der Waals surface area contributed by atoms with E-state index < -0.39 is 0 Å². The maximum atomic E-state index is 11.7. The molecule has 31 heavy (non-hydrogen) atoms. The quantitative estimate of drug-likeness (QED) is 0.314. The fourth-order valence-corrected chi connectivity index (χ4v) is 2.41. The number of hydrogen-bond acceptors (Lipinski definition) is 6. The standard InChI is InChI=1S/C23H46N2O6/c1-22(2,3)8-7-20(26)24-9-11-28-13-15-30-17-18-31-16-14-29-12-10-25-21(27)19-23(4,5)6/h7-19H2,1-6H3,(H,24,26)(H,25,27). The highest BCUT2D eigenvalue weighted by molar-refractivity contribution is 5.76. The molecule has 2 amide bonds. The van der Waals surface area contributed by atoms with Gasteiger partial charge in [-0.3, -0.25) is 9.59 Å². The van der Waals surface area contributed by atoms with E-state index in [0.717, 1.165) is 6.42 Å². The largest absolute Gasteiger partial charge is 0.377 e. The third kappa shape index (κ3) is 24.9. The van der Waals surface area contributed by atoms with Crippen molar-refractivity contribution in [2.45, 2.75) is 60.8 Å². The number of carbonyl (C=O) groups is 2. The third-order valence-corrected chi connectivity index (χ3v) is 4.05. The first-order valence-corrected chi connectivity index (χ1v) is 11.3. The van der Waals surface area contributed by atoms with Gasteiger partial charge < -0.3 is 29.6 Å². The number of rotatable bonds is 18. The van der Waals surface area contributed by atoms with Crippen molar-refractivity contribution in [1.29, 1.82) is 0 Å². The summed E-state index contributed by atoms with van der Waals surface area (Å²) in [5.41, 5.74) is 0.170. The molecule has 0 aromatic carbocycles. The van der Waals surface area contributed by atoms with Gasteiger partial charge in [-0.25, -0.2) is 0 Å². The molecule has 0 aliphatic carbocycles.